The van der Waals surface area contributed by atoms with Gasteiger partial charge in [0, 0.05) is 17.0 Å². The maximum atomic E-state index is 12.5. The van der Waals surface area contributed by atoms with Gasteiger partial charge in [0.1, 0.15) is 0 Å². The second kappa shape index (κ2) is 7.23. The Balaban J connectivity index is 1.71. The smallest absolute Gasteiger partial charge is 0.257 e. The van der Waals surface area contributed by atoms with Crippen molar-refractivity contribution in [2.45, 2.75) is 46.1 Å². The highest BCUT2D eigenvalue weighted by atomic mass is 32.1. The van der Waals surface area contributed by atoms with E-state index >= 15 is 0 Å². The van der Waals surface area contributed by atoms with E-state index in [4.69, 9.17) is 0 Å². The molecule has 0 bridgehead atoms. The molecule has 1 aromatic heterocycles. The van der Waals surface area contributed by atoms with Crippen LogP contribution in [0.5, 0.6) is 0 Å². The zero-order valence-corrected chi connectivity index (χ0v) is 14.6. The molecule has 0 radical (unpaired) electrons. The van der Waals surface area contributed by atoms with Crippen LogP contribution in [0.1, 0.15) is 51.8 Å². The Hall–Kier alpha value is -1.72. The molecule has 1 aromatic carbocycles. The molecule has 2 N–H and O–H groups in total. The largest absolute Gasteiger partial charge is 0.312 e. The summed E-state index contributed by atoms with van der Waals surface area (Å²) in [6, 6.07) is 5.97. The average molecular weight is 329 g/mol. The number of amides is 1. The van der Waals surface area contributed by atoms with Crippen molar-refractivity contribution in [3.05, 3.63) is 45.5 Å². The van der Waals surface area contributed by atoms with Gasteiger partial charge in [0.05, 0.1) is 5.69 Å². The molecule has 1 amide bonds. The fraction of sp³-hybridized carbons (Fsp3) is 0.444. The minimum Gasteiger partial charge on any atom is -0.312 e. The molecular formula is C18H23N3OS. The van der Waals surface area contributed by atoms with Gasteiger partial charge in [-0.25, -0.2) is 4.98 Å². The van der Waals surface area contributed by atoms with Gasteiger partial charge < -0.3 is 5.32 Å². The monoisotopic (exact) mass is 329 g/mol. The number of carbonyl (C=O) groups excluding carboxylic acids is 1. The third-order valence-corrected chi connectivity index (χ3v) is 5.36. The molecule has 0 atom stereocenters. The van der Waals surface area contributed by atoms with Crippen LogP contribution >= 0.6 is 11.3 Å². The molecular weight excluding hydrogens is 306 g/mol. The number of hydrogen-bond donors (Lipinski definition) is 2. The van der Waals surface area contributed by atoms with Crippen molar-refractivity contribution in [1.29, 1.82) is 0 Å². The number of fused-ring (bicyclic) bond motifs is 1. The lowest BCUT2D eigenvalue weighted by atomic mass is 9.98. The van der Waals surface area contributed by atoms with Gasteiger partial charge >= 0.3 is 0 Å². The van der Waals surface area contributed by atoms with Gasteiger partial charge in [-0.2, -0.15) is 0 Å². The van der Waals surface area contributed by atoms with E-state index < -0.39 is 0 Å². The van der Waals surface area contributed by atoms with Crippen LogP contribution in [-0.2, 0) is 19.4 Å². The first-order valence-electron chi connectivity index (χ1n) is 8.27. The quantitative estimate of drug-likeness (QED) is 0.879. The van der Waals surface area contributed by atoms with Crippen molar-refractivity contribution in [1.82, 2.24) is 10.3 Å². The van der Waals surface area contributed by atoms with Crippen LogP contribution < -0.4 is 10.6 Å². The molecule has 0 saturated heterocycles. The molecule has 23 heavy (non-hydrogen) atoms. The van der Waals surface area contributed by atoms with Crippen LogP contribution in [0.15, 0.2) is 18.2 Å². The molecule has 0 saturated carbocycles. The Morgan fingerprint density at radius 3 is 3.09 bits per heavy atom. The van der Waals surface area contributed by atoms with Crippen LogP contribution in [-0.4, -0.2) is 17.4 Å². The van der Waals surface area contributed by atoms with E-state index in [2.05, 4.69) is 28.6 Å². The van der Waals surface area contributed by atoms with Gasteiger partial charge in [0.15, 0.2) is 5.13 Å². The highest BCUT2D eigenvalue weighted by Gasteiger charge is 2.15. The third-order valence-electron chi connectivity index (χ3n) is 4.23. The first-order chi connectivity index (χ1) is 11.2. The third kappa shape index (κ3) is 3.79. The van der Waals surface area contributed by atoms with Crippen molar-refractivity contribution < 1.29 is 4.79 Å². The lowest BCUT2D eigenvalue weighted by Crippen LogP contribution is -2.24. The summed E-state index contributed by atoms with van der Waals surface area (Å²) in [5.74, 6) is -0.0675. The molecule has 5 heteroatoms. The number of benzene rings is 1. The Morgan fingerprint density at radius 2 is 2.26 bits per heavy atom. The number of unbranched alkanes of at least 4 members (excludes halogenated alkanes) is 1. The molecule has 1 aliphatic heterocycles. The van der Waals surface area contributed by atoms with Gasteiger partial charge in [-0.15, -0.1) is 11.3 Å². The minimum atomic E-state index is -0.0675. The zero-order chi connectivity index (χ0) is 16.2. The molecule has 2 aromatic rings. The molecule has 3 rings (SSSR count). The number of aryl methyl sites for hydroxylation is 2. The second-order valence-electron chi connectivity index (χ2n) is 6.00. The summed E-state index contributed by atoms with van der Waals surface area (Å²) in [5.41, 5.74) is 4.32. The standard InChI is InChI=1S/C18H23N3OS/c1-3-4-5-16-12(2)20-18(23-16)21-17(22)14-6-7-15-11-19-9-8-13(15)10-14/h6-7,10,19H,3-5,8-9,11H2,1-2H3,(H,20,21,22). The van der Waals surface area contributed by atoms with Crippen LogP contribution in [0.4, 0.5) is 5.13 Å². The highest BCUT2D eigenvalue weighted by Crippen LogP contribution is 2.25. The van der Waals surface area contributed by atoms with E-state index in [0.717, 1.165) is 38.0 Å². The molecule has 122 valence electrons. The van der Waals surface area contributed by atoms with Crippen LogP contribution in [0, 0.1) is 6.92 Å². The summed E-state index contributed by atoms with van der Waals surface area (Å²) in [6.45, 7) is 6.07. The average Bonchev–Trinajstić information content (AvgIpc) is 2.91. The first kappa shape index (κ1) is 16.1. The number of carbonyl (C=O) groups is 1. The maximum Gasteiger partial charge on any atom is 0.257 e. The Morgan fingerprint density at radius 1 is 1.39 bits per heavy atom. The number of hydrogen-bond acceptors (Lipinski definition) is 4. The van der Waals surface area contributed by atoms with Gasteiger partial charge in [0.25, 0.3) is 5.91 Å². The van der Waals surface area contributed by atoms with E-state index in [1.54, 1.807) is 11.3 Å². The normalized spacial score (nSPS) is 13.7. The topological polar surface area (TPSA) is 54.0 Å². The van der Waals surface area contributed by atoms with Gasteiger partial charge in [-0.05, 0) is 56.0 Å². The van der Waals surface area contributed by atoms with E-state index in [1.165, 1.54) is 22.4 Å². The maximum absolute atomic E-state index is 12.5. The Labute approximate surface area is 141 Å². The number of rotatable bonds is 5. The highest BCUT2D eigenvalue weighted by molar-refractivity contribution is 7.15. The minimum absolute atomic E-state index is 0.0675. The van der Waals surface area contributed by atoms with Crippen molar-refractivity contribution in [3.8, 4) is 0 Å². The molecule has 1 aliphatic rings. The predicted octanol–water partition coefficient (Wildman–Crippen LogP) is 3.69. The first-order valence-corrected chi connectivity index (χ1v) is 9.09. The number of anilines is 1. The van der Waals surface area contributed by atoms with E-state index in [0.29, 0.717) is 10.7 Å². The zero-order valence-electron chi connectivity index (χ0n) is 13.7. The molecule has 0 fully saturated rings. The van der Waals surface area contributed by atoms with Gasteiger partial charge in [-0.3, -0.25) is 10.1 Å². The number of nitrogens with one attached hydrogen (secondary N) is 2. The molecule has 2 heterocycles. The fourth-order valence-corrected chi connectivity index (χ4v) is 3.84. The molecule has 4 nitrogen and oxygen atoms in total. The lowest BCUT2D eigenvalue weighted by molar-refractivity contribution is 0.102. The summed E-state index contributed by atoms with van der Waals surface area (Å²) < 4.78 is 0. The van der Waals surface area contributed by atoms with Crippen LogP contribution in [0.25, 0.3) is 0 Å². The van der Waals surface area contributed by atoms with Crippen molar-refractivity contribution in [2.24, 2.45) is 0 Å². The lowest BCUT2D eigenvalue weighted by Gasteiger charge is -2.17. The summed E-state index contributed by atoms with van der Waals surface area (Å²) in [6.07, 6.45) is 4.36. The number of aromatic nitrogens is 1. The fourth-order valence-electron chi connectivity index (χ4n) is 2.84. The van der Waals surface area contributed by atoms with Gasteiger partial charge in [0.2, 0.25) is 0 Å². The van der Waals surface area contributed by atoms with E-state index in [9.17, 15) is 4.79 Å². The summed E-state index contributed by atoms with van der Waals surface area (Å²) in [4.78, 5) is 18.2. The van der Waals surface area contributed by atoms with Crippen molar-refractivity contribution in [2.75, 3.05) is 11.9 Å². The van der Waals surface area contributed by atoms with Crippen molar-refractivity contribution in [3.63, 3.8) is 0 Å². The number of thiazole rings is 1. The van der Waals surface area contributed by atoms with Crippen LogP contribution in [0.2, 0.25) is 0 Å². The van der Waals surface area contributed by atoms with E-state index in [1.807, 2.05) is 19.1 Å². The Bertz CT molecular complexity index is 708. The summed E-state index contributed by atoms with van der Waals surface area (Å²) in [7, 11) is 0. The number of nitrogens with zero attached hydrogens (tertiary/aromatic N) is 1. The summed E-state index contributed by atoms with van der Waals surface area (Å²) in [5, 5.41) is 7.01. The van der Waals surface area contributed by atoms with Crippen LogP contribution in [0.3, 0.4) is 0 Å². The summed E-state index contributed by atoms with van der Waals surface area (Å²) >= 11 is 1.60. The predicted molar refractivity (Wildman–Crippen MR) is 95.3 cm³/mol. The molecule has 0 spiro atoms. The SMILES string of the molecule is CCCCc1sc(NC(=O)c2ccc3c(c2)CCNC3)nc1C. The second-order valence-corrected chi connectivity index (χ2v) is 7.08. The van der Waals surface area contributed by atoms with Gasteiger partial charge in [-0.1, -0.05) is 19.4 Å². The molecule has 0 unspecified atom stereocenters. The Kier molecular flexibility index (Phi) is 5.08. The van der Waals surface area contributed by atoms with E-state index in [-0.39, 0.29) is 5.91 Å². The molecule has 0 aliphatic carbocycles. The van der Waals surface area contributed by atoms with Crippen molar-refractivity contribution >= 4 is 22.4 Å².